The van der Waals surface area contributed by atoms with Crippen LogP contribution in [0.3, 0.4) is 0 Å². The van der Waals surface area contributed by atoms with E-state index in [4.69, 9.17) is 11.6 Å². The molecule has 0 aromatic carbocycles. The van der Waals surface area contributed by atoms with Crippen molar-refractivity contribution < 1.29 is 4.79 Å². The zero-order valence-corrected chi connectivity index (χ0v) is 5.83. The molecule has 0 bridgehead atoms. The van der Waals surface area contributed by atoms with E-state index >= 15 is 0 Å². The summed E-state index contributed by atoms with van der Waals surface area (Å²) in [5.41, 5.74) is -0.201. The Morgan fingerprint density at radius 2 is 2.38 bits per heavy atom. The lowest BCUT2D eigenvalue weighted by Crippen LogP contribution is -2.27. The Morgan fingerprint density at radius 3 is 2.50 bits per heavy atom. The van der Waals surface area contributed by atoms with Crippen LogP contribution in [0.1, 0.15) is 20.3 Å². The van der Waals surface area contributed by atoms with Crippen molar-refractivity contribution in [2.75, 3.05) is 0 Å². The first-order valence-corrected chi connectivity index (χ1v) is 3.01. The number of amides is 1. The highest BCUT2D eigenvalue weighted by Gasteiger charge is 1.99. The summed E-state index contributed by atoms with van der Waals surface area (Å²) in [7, 11) is 0. The summed E-state index contributed by atoms with van der Waals surface area (Å²) in [5, 5.41) is 2.52. The molecule has 0 aromatic heterocycles. The molecule has 0 aliphatic carbocycles. The molecule has 1 atom stereocenters. The number of hydrogen-bond acceptors (Lipinski definition) is 1. The second-order valence-electron chi connectivity index (χ2n) is 1.58. The number of hydrogen-bond donors (Lipinski definition) is 1. The van der Waals surface area contributed by atoms with Gasteiger partial charge in [0.15, 0.2) is 0 Å². The SMILES string of the molecule is CCC(Cl)NC(C)=O. The van der Waals surface area contributed by atoms with E-state index in [0.29, 0.717) is 0 Å². The molecule has 0 aliphatic heterocycles. The van der Waals surface area contributed by atoms with Crippen LogP contribution < -0.4 is 5.32 Å². The van der Waals surface area contributed by atoms with E-state index in [2.05, 4.69) is 5.32 Å². The second-order valence-corrected chi connectivity index (χ2v) is 2.10. The molecule has 3 heteroatoms. The van der Waals surface area contributed by atoms with E-state index in [1.54, 1.807) is 0 Å². The fourth-order valence-electron chi connectivity index (χ4n) is 0.323. The molecule has 0 rings (SSSR count). The molecule has 0 saturated carbocycles. The average Bonchev–Trinajstić information content (AvgIpc) is 1.65. The smallest absolute Gasteiger partial charge is 0.218 e. The van der Waals surface area contributed by atoms with Crippen LogP contribution in [0.5, 0.6) is 0 Å². The van der Waals surface area contributed by atoms with Crippen LogP contribution in [0.15, 0.2) is 0 Å². The molecule has 0 fully saturated rings. The Bertz CT molecular complexity index is 84.5. The van der Waals surface area contributed by atoms with Gasteiger partial charge in [0.1, 0.15) is 5.50 Å². The van der Waals surface area contributed by atoms with Crippen molar-refractivity contribution in [1.82, 2.24) is 5.32 Å². The van der Waals surface area contributed by atoms with Crippen LogP contribution >= 0.6 is 11.6 Å². The van der Waals surface area contributed by atoms with E-state index in [1.807, 2.05) is 6.92 Å². The summed E-state index contributed by atoms with van der Waals surface area (Å²) in [6.07, 6.45) is 0.765. The van der Waals surface area contributed by atoms with Gasteiger partial charge in [-0.2, -0.15) is 0 Å². The Morgan fingerprint density at radius 1 is 1.88 bits per heavy atom. The molecule has 0 spiro atoms. The van der Waals surface area contributed by atoms with Gasteiger partial charge >= 0.3 is 0 Å². The minimum Gasteiger partial charge on any atom is -0.340 e. The fraction of sp³-hybridized carbons (Fsp3) is 0.800. The van der Waals surface area contributed by atoms with Crippen LogP contribution in [0, 0.1) is 0 Å². The highest BCUT2D eigenvalue weighted by Crippen LogP contribution is 1.93. The molecule has 0 aromatic rings. The van der Waals surface area contributed by atoms with Gasteiger partial charge in [-0.05, 0) is 6.42 Å². The minimum atomic E-state index is -0.201. The van der Waals surface area contributed by atoms with Crippen molar-refractivity contribution in [3.8, 4) is 0 Å². The molecule has 0 radical (unpaired) electrons. The zero-order valence-electron chi connectivity index (χ0n) is 5.07. The van der Waals surface area contributed by atoms with Crippen LogP contribution in [-0.4, -0.2) is 11.4 Å². The lowest BCUT2D eigenvalue weighted by Gasteiger charge is -2.04. The first kappa shape index (κ1) is 7.76. The van der Waals surface area contributed by atoms with Gasteiger partial charge in [-0.3, -0.25) is 4.79 Å². The molecule has 0 heterocycles. The summed E-state index contributed by atoms with van der Waals surface area (Å²) in [6.45, 7) is 3.36. The molecule has 48 valence electrons. The van der Waals surface area contributed by atoms with Crippen LogP contribution in [0.25, 0.3) is 0 Å². The van der Waals surface area contributed by atoms with Crippen LogP contribution in [0.4, 0.5) is 0 Å². The van der Waals surface area contributed by atoms with Crippen molar-refractivity contribution in [3.63, 3.8) is 0 Å². The first-order chi connectivity index (χ1) is 3.66. The number of halogens is 1. The van der Waals surface area contributed by atoms with E-state index in [1.165, 1.54) is 6.92 Å². The summed E-state index contributed by atoms with van der Waals surface area (Å²) in [4.78, 5) is 10.2. The van der Waals surface area contributed by atoms with Gasteiger partial charge in [0.25, 0.3) is 0 Å². The maximum absolute atomic E-state index is 10.2. The van der Waals surface area contributed by atoms with E-state index in [9.17, 15) is 4.79 Å². The molecule has 0 aliphatic rings. The standard InChI is InChI=1S/C5H10ClNO/c1-3-5(6)7-4(2)8/h5H,3H2,1-2H3,(H,7,8). The Hall–Kier alpha value is -0.240. The van der Waals surface area contributed by atoms with Gasteiger partial charge in [-0.15, -0.1) is 0 Å². The third kappa shape index (κ3) is 3.93. The van der Waals surface area contributed by atoms with Crippen LogP contribution in [0.2, 0.25) is 0 Å². The van der Waals surface area contributed by atoms with E-state index in [-0.39, 0.29) is 11.4 Å². The van der Waals surface area contributed by atoms with Crippen LogP contribution in [-0.2, 0) is 4.79 Å². The van der Waals surface area contributed by atoms with Gasteiger partial charge in [-0.1, -0.05) is 18.5 Å². The lowest BCUT2D eigenvalue weighted by molar-refractivity contribution is -0.119. The molecular formula is C5H10ClNO. The Balaban J connectivity index is 3.24. The quantitative estimate of drug-likeness (QED) is 0.446. The summed E-state index contributed by atoms with van der Waals surface area (Å²) < 4.78 is 0. The van der Waals surface area contributed by atoms with Crippen molar-refractivity contribution in [2.24, 2.45) is 0 Å². The van der Waals surface area contributed by atoms with Gasteiger partial charge in [0, 0.05) is 6.92 Å². The van der Waals surface area contributed by atoms with Crippen molar-refractivity contribution in [2.45, 2.75) is 25.8 Å². The summed E-state index contributed by atoms with van der Waals surface area (Å²) in [6, 6.07) is 0. The van der Waals surface area contributed by atoms with Crippen molar-refractivity contribution in [3.05, 3.63) is 0 Å². The predicted molar refractivity (Wildman–Crippen MR) is 33.7 cm³/mol. The van der Waals surface area contributed by atoms with E-state index < -0.39 is 0 Å². The average molecular weight is 136 g/mol. The van der Waals surface area contributed by atoms with Gasteiger partial charge in [0.05, 0.1) is 0 Å². The predicted octanol–water partition coefficient (Wildman–Crippen LogP) is 1.10. The molecule has 1 unspecified atom stereocenters. The molecule has 1 N–H and O–H groups in total. The minimum absolute atomic E-state index is 0.0770. The van der Waals surface area contributed by atoms with Gasteiger partial charge in [0.2, 0.25) is 5.91 Å². The largest absolute Gasteiger partial charge is 0.340 e. The summed E-state index contributed by atoms with van der Waals surface area (Å²) >= 11 is 5.53. The maximum atomic E-state index is 10.2. The maximum Gasteiger partial charge on any atom is 0.218 e. The topological polar surface area (TPSA) is 29.1 Å². The van der Waals surface area contributed by atoms with E-state index in [0.717, 1.165) is 6.42 Å². The third-order valence-corrected chi connectivity index (χ3v) is 1.14. The highest BCUT2D eigenvalue weighted by molar-refractivity contribution is 6.21. The zero-order chi connectivity index (χ0) is 6.57. The molecule has 1 amide bonds. The molecular weight excluding hydrogens is 126 g/mol. The second kappa shape index (κ2) is 3.72. The van der Waals surface area contributed by atoms with Crippen molar-refractivity contribution >= 4 is 17.5 Å². The monoisotopic (exact) mass is 135 g/mol. The number of carbonyl (C=O) groups is 1. The normalized spacial score (nSPS) is 12.9. The van der Waals surface area contributed by atoms with Gasteiger partial charge < -0.3 is 5.32 Å². The first-order valence-electron chi connectivity index (χ1n) is 2.58. The Labute approximate surface area is 54.2 Å². The van der Waals surface area contributed by atoms with Gasteiger partial charge in [-0.25, -0.2) is 0 Å². The third-order valence-electron chi connectivity index (χ3n) is 0.718. The highest BCUT2D eigenvalue weighted by atomic mass is 35.5. The Kier molecular flexibility index (Phi) is 3.61. The molecule has 8 heavy (non-hydrogen) atoms. The molecule has 2 nitrogen and oxygen atoms in total. The van der Waals surface area contributed by atoms with Crippen molar-refractivity contribution in [1.29, 1.82) is 0 Å². The number of carbonyl (C=O) groups excluding carboxylic acids is 1. The number of rotatable bonds is 2. The molecule has 0 saturated heterocycles. The number of alkyl halides is 1. The lowest BCUT2D eigenvalue weighted by atomic mass is 10.5. The fourth-order valence-corrected chi connectivity index (χ4v) is 0.476. The number of nitrogens with one attached hydrogen (secondary N) is 1. The summed E-state index contributed by atoms with van der Waals surface area (Å²) in [5.74, 6) is -0.0770.